The van der Waals surface area contributed by atoms with Crippen LogP contribution in [0.25, 0.3) is 0 Å². The zero-order chi connectivity index (χ0) is 24.9. The fourth-order valence-electron chi connectivity index (χ4n) is 5.03. The highest BCUT2D eigenvalue weighted by molar-refractivity contribution is 5.39. The number of aryl methyl sites for hydroxylation is 2. The van der Waals surface area contributed by atoms with Gasteiger partial charge in [0.2, 0.25) is 11.8 Å². The number of benzene rings is 1. The molecule has 188 valence electrons. The first-order valence-electron chi connectivity index (χ1n) is 11.7. The van der Waals surface area contributed by atoms with Crippen molar-refractivity contribution in [3.05, 3.63) is 35.2 Å². The lowest BCUT2D eigenvalue weighted by molar-refractivity contribution is -0.138. The van der Waals surface area contributed by atoms with E-state index < -0.39 is 11.7 Å². The Morgan fingerprint density at radius 3 is 2.43 bits per heavy atom. The van der Waals surface area contributed by atoms with Gasteiger partial charge >= 0.3 is 18.2 Å². The van der Waals surface area contributed by atoms with Gasteiger partial charge in [0, 0.05) is 26.1 Å². The number of halogens is 3. The SMILES string of the molecule is Cc1nnc(N2C[C@H]3CC[C@@H](C2)[C@H]3Nc2nc(Oc3ccc(C)c(C(F)(F)F)c3)n(C(C)C)n2)o1. The van der Waals surface area contributed by atoms with Crippen molar-refractivity contribution < 1.29 is 22.3 Å². The van der Waals surface area contributed by atoms with Crippen LogP contribution in [-0.2, 0) is 6.18 Å². The Hall–Kier alpha value is -3.31. The maximum absolute atomic E-state index is 13.3. The molecule has 0 radical (unpaired) electrons. The van der Waals surface area contributed by atoms with Crippen LogP contribution in [0, 0.1) is 25.7 Å². The first-order chi connectivity index (χ1) is 16.6. The lowest BCUT2D eigenvalue weighted by Crippen LogP contribution is -2.48. The smallest absolute Gasteiger partial charge is 0.416 e. The maximum atomic E-state index is 13.3. The van der Waals surface area contributed by atoms with E-state index in [4.69, 9.17) is 9.15 Å². The van der Waals surface area contributed by atoms with Crippen LogP contribution in [0.1, 0.15) is 49.7 Å². The summed E-state index contributed by atoms with van der Waals surface area (Å²) in [4.78, 5) is 6.62. The molecule has 1 N–H and O–H groups in total. The topological polar surface area (TPSA) is 94.1 Å². The molecule has 35 heavy (non-hydrogen) atoms. The van der Waals surface area contributed by atoms with Crippen molar-refractivity contribution in [3.63, 3.8) is 0 Å². The number of fused-ring (bicyclic) bond motifs is 2. The monoisotopic (exact) mass is 491 g/mol. The van der Waals surface area contributed by atoms with Gasteiger partial charge in [-0.05, 0) is 63.1 Å². The van der Waals surface area contributed by atoms with E-state index in [1.807, 2.05) is 13.8 Å². The highest BCUT2D eigenvalue weighted by atomic mass is 19.4. The van der Waals surface area contributed by atoms with Gasteiger partial charge in [-0.15, -0.1) is 10.2 Å². The van der Waals surface area contributed by atoms with Crippen LogP contribution >= 0.6 is 0 Å². The average Bonchev–Trinajstić information content (AvgIpc) is 3.45. The minimum Gasteiger partial charge on any atom is -0.424 e. The molecule has 0 unspecified atom stereocenters. The fourth-order valence-corrected chi connectivity index (χ4v) is 5.03. The Bertz CT molecular complexity index is 1190. The van der Waals surface area contributed by atoms with E-state index in [2.05, 4.69) is 30.5 Å². The van der Waals surface area contributed by atoms with Crippen molar-refractivity contribution in [2.24, 2.45) is 11.8 Å². The molecule has 9 nitrogen and oxygen atoms in total. The summed E-state index contributed by atoms with van der Waals surface area (Å²) < 4.78 is 53.0. The van der Waals surface area contributed by atoms with Gasteiger partial charge in [-0.25, -0.2) is 4.68 Å². The minimum atomic E-state index is -4.46. The standard InChI is InChI=1S/C23H28F3N7O2/c1-12(2)33-21(35-17-8-5-13(3)18(9-17)23(24,25)26)28-20(31-33)27-19-15-6-7-16(19)11-32(10-15)22-30-29-14(4)34-22/h5,8-9,12,15-16,19H,6-7,10-11H2,1-4H3,(H,27,31)/t15-,16+,19+. The Morgan fingerprint density at radius 1 is 1.11 bits per heavy atom. The minimum absolute atomic E-state index is 0.0620. The lowest BCUT2D eigenvalue weighted by Gasteiger charge is -2.37. The molecule has 1 aliphatic carbocycles. The highest BCUT2D eigenvalue weighted by Gasteiger charge is 2.44. The second-order valence-corrected chi connectivity index (χ2v) is 9.61. The number of hydrogen-bond donors (Lipinski definition) is 1. The number of nitrogens with zero attached hydrogens (tertiary/aromatic N) is 6. The molecule has 5 rings (SSSR count). The molecular weight excluding hydrogens is 463 g/mol. The molecule has 1 aliphatic heterocycles. The molecule has 2 bridgehead atoms. The predicted octanol–water partition coefficient (Wildman–Crippen LogP) is 5.00. The molecule has 12 heteroatoms. The summed E-state index contributed by atoms with van der Waals surface area (Å²) in [5.41, 5.74) is -0.598. The number of anilines is 2. The van der Waals surface area contributed by atoms with Crippen LogP contribution in [0.4, 0.5) is 25.1 Å². The number of ether oxygens (including phenoxy) is 1. The van der Waals surface area contributed by atoms with Gasteiger partial charge in [-0.1, -0.05) is 11.2 Å². The van der Waals surface area contributed by atoms with Crippen molar-refractivity contribution in [3.8, 4) is 11.8 Å². The normalized spacial score (nSPS) is 22.2. The molecule has 3 aromatic rings. The van der Waals surface area contributed by atoms with Crippen molar-refractivity contribution in [2.45, 2.75) is 58.8 Å². The van der Waals surface area contributed by atoms with E-state index in [0.29, 0.717) is 29.7 Å². The molecule has 3 atom stereocenters. The molecule has 2 aromatic heterocycles. The van der Waals surface area contributed by atoms with Gasteiger partial charge in [0.25, 0.3) is 0 Å². The van der Waals surface area contributed by atoms with E-state index in [1.54, 1.807) is 11.6 Å². The quantitative estimate of drug-likeness (QED) is 0.515. The zero-order valence-corrected chi connectivity index (χ0v) is 20.0. The first kappa shape index (κ1) is 23.4. The van der Waals surface area contributed by atoms with Crippen LogP contribution in [0.5, 0.6) is 11.8 Å². The van der Waals surface area contributed by atoms with Gasteiger partial charge in [-0.2, -0.15) is 18.2 Å². The Balaban J connectivity index is 1.34. The summed E-state index contributed by atoms with van der Waals surface area (Å²) >= 11 is 0. The van der Waals surface area contributed by atoms with E-state index >= 15 is 0 Å². The van der Waals surface area contributed by atoms with Crippen molar-refractivity contribution in [1.82, 2.24) is 25.0 Å². The number of rotatable bonds is 6. The Labute approximate surface area is 200 Å². The third-order valence-corrected chi connectivity index (χ3v) is 6.73. The van der Waals surface area contributed by atoms with Crippen molar-refractivity contribution >= 4 is 12.0 Å². The van der Waals surface area contributed by atoms with Crippen LogP contribution < -0.4 is 15.0 Å². The third-order valence-electron chi connectivity index (χ3n) is 6.73. The second-order valence-electron chi connectivity index (χ2n) is 9.61. The molecule has 2 aliphatic rings. The van der Waals surface area contributed by atoms with Gasteiger partial charge in [0.05, 0.1) is 11.6 Å². The van der Waals surface area contributed by atoms with E-state index in [-0.39, 0.29) is 29.4 Å². The maximum Gasteiger partial charge on any atom is 0.416 e. The third kappa shape index (κ3) is 4.65. The molecule has 2 fully saturated rings. The van der Waals surface area contributed by atoms with Crippen molar-refractivity contribution in [1.29, 1.82) is 0 Å². The number of nitrogens with one attached hydrogen (secondary N) is 1. The summed E-state index contributed by atoms with van der Waals surface area (Å²) in [6.45, 7) is 8.59. The van der Waals surface area contributed by atoms with Crippen LogP contribution in [0.15, 0.2) is 22.6 Å². The zero-order valence-electron chi connectivity index (χ0n) is 20.0. The van der Waals surface area contributed by atoms with E-state index in [9.17, 15) is 13.2 Å². The molecule has 1 saturated carbocycles. The largest absolute Gasteiger partial charge is 0.424 e. The van der Waals surface area contributed by atoms with E-state index in [1.165, 1.54) is 19.1 Å². The summed E-state index contributed by atoms with van der Waals surface area (Å²) in [6, 6.07) is 4.66. The Morgan fingerprint density at radius 2 is 1.83 bits per heavy atom. The molecule has 1 aromatic carbocycles. The van der Waals surface area contributed by atoms with Crippen LogP contribution in [0.2, 0.25) is 0 Å². The van der Waals surface area contributed by atoms with Crippen LogP contribution in [-0.4, -0.2) is 44.1 Å². The molecule has 0 amide bonds. The summed E-state index contributed by atoms with van der Waals surface area (Å²) in [7, 11) is 0. The van der Waals surface area contributed by atoms with Gasteiger partial charge in [0.1, 0.15) is 5.75 Å². The molecule has 3 heterocycles. The number of alkyl halides is 3. The highest BCUT2D eigenvalue weighted by Crippen LogP contribution is 2.40. The van der Waals surface area contributed by atoms with Gasteiger partial charge in [0.15, 0.2) is 0 Å². The number of hydrogen-bond acceptors (Lipinski definition) is 8. The van der Waals surface area contributed by atoms with Crippen molar-refractivity contribution in [2.75, 3.05) is 23.3 Å². The summed E-state index contributed by atoms with van der Waals surface area (Å²) in [6.07, 6.45) is -2.34. The van der Waals surface area contributed by atoms with E-state index in [0.717, 1.165) is 32.0 Å². The van der Waals surface area contributed by atoms with Gasteiger partial charge in [-0.3, -0.25) is 0 Å². The average molecular weight is 492 g/mol. The van der Waals surface area contributed by atoms with Crippen LogP contribution in [0.3, 0.4) is 0 Å². The first-order valence-corrected chi connectivity index (χ1v) is 11.7. The second kappa shape index (κ2) is 8.72. The number of piperidine rings is 1. The van der Waals surface area contributed by atoms with Gasteiger partial charge < -0.3 is 19.4 Å². The Kier molecular flexibility index (Phi) is 5.84. The molecule has 1 saturated heterocycles. The number of aromatic nitrogens is 5. The molecule has 0 spiro atoms. The summed E-state index contributed by atoms with van der Waals surface area (Å²) in [5, 5.41) is 16.1. The summed E-state index contributed by atoms with van der Waals surface area (Å²) in [5.74, 6) is 1.71. The molecular formula is C23H28F3N7O2. The lowest BCUT2D eigenvalue weighted by atomic mass is 9.92. The fraction of sp³-hybridized carbons (Fsp3) is 0.565. The predicted molar refractivity (Wildman–Crippen MR) is 122 cm³/mol.